The Morgan fingerprint density at radius 3 is 2.67 bits per heavy atom. The summed E-state index contributed by atoms with van der Waals surface area (Å²) in [7, 11) is 1.44. The Kier molecular flexibility index (Phi) is 4.10. The number of rotatable bonds is 4. The number of ether oxygens (including phenoxy) is 1. The summed E-state index contributed by atoms with van der Waals surface area (Å²) >= 11 is 3.31. The van der Waals surface area contributed by atoms with E-state index in [1.165, 1.54) is 12.0 Å². The first kappa shape index (κ1) is 12.4. The number of alkyl halides is 1. The van der Waals surface area contributed by atoms with Gasteiger partial charge in [0, 0.05) is 24.9 Å². The molecule has 0 aromatic heterocycles. The van der Waals surface area contributed by atoms with Crippen LogP contribution < -0.4 is 0 Å². The topological polar surface area (TPSA) is 66.8 Å². The van der Waals surface area contributed by atoms with E-state index in [4.69, 9.17) is 9.84 Å². The average molecular weight is 280 g/mol. The minimum absolute atomic E-state index is 0.0379. The van der Waals surface area contributed by atoms with Gasteiger partial charge in [0.25, 0.3) is 0 Å². The van der Waals surface area contributed by atoms with Crippen molar-refractivity contribution in [2.75, 3.05) is 13.7 Å². The van der Waals surface area contributed by atoms with Gasteiger partial charge in [-0.2, -0.15) is 0 Å². The molecule has 0 radical (unpaired) electrons. The van der Waals surface area contributed by atoms with Crippen LogP contribution in [-0.2, 0) is 14.3 Å². The lowest BCUT2D eigenvalue weighted by Crippen LogP contribution is -2.49. The maximum Gasteiger partial charge on any atom is 0.329 e. The predicted octanol–water partition coefficient (Wildman–Crippen LogP) is 0.470. The summed E-state index contributed by atoms with van der Waals surface area (Å²) in [5, 5.41) is 9.05. The van der Waals surface area contributed by atoms with Crippen molar-refractivity contribution in [3.05, 3.63) is 0 Å². The fraction of sp³-hybridized carbons (Fsp3) is 0.778. The third-order valence-electron chi connectivity index (χ3n) is 2.52. The number of carboxylic acid groups (broad SMARTS) is 1. The van der Waals surface area contributed by atoms with Gasteiger partial charge < -0.3 is 14.7 Å². The van der Waals surface area contributed by atoms with Crippen LogP contribution in [0, 0.1) is 0 Å². The number of carboxylic acids is 1. The Hall–Kier alpha value is -0.620. The van der Waals surface area contributed by atoms with Crippen LogP contribution in [0.5, 0.6) is 0 Å². The van der Waals surface area contributed by atoms with Crippen molar-refractivity contribution in [3.63, 3.8) is 0 Å². The van der Waals surface area contributed by atoms with Gasteiger partial charge in [0.05, 0.1) is 6.10 Å². The molecule has 0 spiro atoms. The van der Waals surface area contributed by atoms with Crippen LogP contribution in [0.1, 0.15) is 13.3 Å². The molecule has 1 amide bonds. The Balaban J connectivity index is 2.81. The molecule has 1 aliphatic rings. The van der Waals surface area contributed by atoms with E-state index < -0.39 is 18.1 Å². The van der Waals surface area contributed by atoms with Gasteiger partial charge in [0.15, 0.2) is 6.04 Å². The lowest BCUT2D eigenvalue weighted by molar-refractivity contribution is -0.153. The molecule has 0 saturated carbocycles. The third-order valence-corrected chi connectivity index (χ3v) is 3.13. The van der Waals surface area contributed by atoms with E-state index in [0.717, 1.165) is 0 Å². The highest BCUT2D eigenvalue weighted by Gasteiger charge is 2.39. The molecule has 1 fully saturated rings. The summed E-state index contributed by atoms with van der Waals surface area (Å²) < 4.78 is 4.98. The standard InChI is InChI=1S/C9H14BrNO4/c1-5(15-2)8(9(13)14)11-4-6(10)3-7(11)12/h5-6,8H,3-4H2,1-2H3,(H,13,14)/t5-,6?,8+/m1/s1. The van der Waals surface area contributed by atoms with E-state index in [1.54, 1.807) is 6.92 Å². The van der Waals surface area contributed by atoms with Crippen LogP contribution >= 0.6 is 15.9 Å². The van der Waals surface area contributed by atoms with Gasteiger partial charge in [-0.3, -0.25) is 4.79 Å². The summed E-state index contributed by atoms with van der Waals surface area (Å²) in [6.07, 6.45) is -0.163. The number of nitrogens with zero attached hydrogens (tertiary/aromatic N) is 1. The van der Waals surface area contributed by atoms with Crippen LogP contribution in [0.25, 0.3) is 0 Å². The van der Waals surface area contributed by atoms with Crippen LogP contribution in [0.4, 0.5) is 0 Å². The SMILES string of the molecule is CO[C@H](C)[C@@H](C(=O)O)N1CC(Br)CC1=O. The first-order valence-electron chi connectivity index (χ1n) is 4.66. The van der Waals surface area contributed by atoms with Crippen LogP contribution in [0.15, 0.2) is 0 Å². The van der Waals surface area contributed by atoms with Crippen molar-refractivity contribution >= 4 is 27.8 Å². The summed E-state index contributed by atoms with van der Waals surface area (Å²) in [6.45, 7) is 2.07. The molecular formula is C9H14BrNO4. The van der Waals surface area contributed by atoms with E-state index in [2.05, 4.69) is 15.9 Å². The van der Waals surface area contributed by atoms with E-state index in [9.17, 15) is 9.59 Å². The Labute approximate surface area is 96.5 Å². The minimum atomic E-state index is -1.03. The van der Waals surface area contributed by atoms with Gasteiger partial charge in [-0.25, -0.2) is 4.79 Å². The van der Waals surface area contributed by atoms with Gasteiger partial charge in [0.2, 0.25) is 5.91 Å². The van der Waals surface area contributed by atoms with E-state index in [-0.39, 0.29) is 10.7 Å². The molecule has 1 unspecified atom stereocenters. The molecule has 1 rings (SSSR count). The summed E-state index contributed by atoms with van der Waals surface area (Å²) in [6, 6.07) is -0.898. The second-order valence-electron chi connectivity index (χ2n) is 3.57. The van der Waals surface area contributed by atoms with Crippen LogP contribution in [0.3, 0.4) is 0 Å². The molecule has 5 nitrogen and oxygen atoms in total. The van der Waals surface area contributed by atoms with Gasteiger partial charge in [-0.15, -0.1) is 0 Å². The molecule has 0 aliphatic carbocycles. The zero-order chi connectivity index (χ0) is 11.6. The normalized spacial score (nSPS) is 25.4. The number of amides is 1. The zero-order valence-corrected chi connectivity index (χ0v) is 10.2. The summed E-state index contributed by atoms with van der Waals surface area (Å²) in [5.41, 5.74) is 0. The van der Waals surface area contributed by atoms with Crippen LogP contribution in [-0.4, -0.2) is 52.5 Å². The molecule has 0 aromatic rings. The second kappa shape index (κ2) is 4.94. The van der Waals surface area contributed by atoms with Gasteiger partial charge in [0.1, 0.15) is 0 Å². The number of methoxy groups -OCH3 is 1. The number of aliphatic carboxylic acids is 1. The third kappa shape index (κ3) is 2.69. The van der Waals surface area contributed by atoms with Crippen LogP contribution in [0.2, 0.25) is 0 Å². The molecule has 1 N–H and O–H groups in total. The number of halogens is 1. The molecule has 86 valence electrons. The molecule has 15 heavy (non-hydrogen) atoms. The summed E-state index contributed by atoms with van der Waals surface area (Å²) in [5.74, 6) is -1.17. The molecule has 3 atom stereocenters. The van der Waals surface area contributed by atoms with E-state index in [0.29, 0.717) is 13.0 Å². The minimum Gasteiger partial charge on any atom is -0.480 e. The van der Waals surface area contributed by atoms with Crippen molar-refractivity contribution in [1.29, 1.82) is 0 Å². The van der Waals surface area contributed by atoms with Gasteiger partial charge >= 0.3 is 5.97 Å². The first-order chi connectivity index (χ1) is 6.97. The Morgan fingerprint density at radius 2 is 2.33 bits per heavy atom. The smallest absolute Gasteiger partial charge is 0.329 e. The van der Waals surface area contributed by atoms with Gasteiger partial charge in [-0.05, 0) is 6.92 Å². The monoisotopic (exact) mass is 279 g/mol. The Morgan fingerprint density at radius 1 is 1.73 bits per heavy atom. The fourth-order valence-corrected chi connectivity index (χ4v) is 2.26. The Bertz CT molecular complexity index is 271. The highest BCUT2D eigenvalue weighted by molar-refractivity contribution is 9.09. The number of likely N-dealkylation sites (tertiary alicyclic amines) is 1. The number of hydrogen-bond acceptors (Lipinski definition) is 3. The maximum absolute atomic E-state index is 11.5. The van der Waals surface area contributed by atoms with Crippen molar-refractivity contribution < 1.29 is 19.4 Å². The highest BCUT2D eigenvalue weighted by Crippen LogP contribution is 2.22. The summed E-state index contributed by atoms with van der Waals surface area (Å²) in [4.78, 5) is 24.0. The van der Waals surface area contributed by atoms with Crippen molar-refractivity contribution in [1.82, 2.24) is 4.90 Å². The fourth-order valence-electron chi connectivity index (χ4n) is 1.67. The quantitative estimate of drug-likeness (QED) is 0.760. The van der Waals surface area contributed by atoms with Crippen molar-refractivity contribution in [2.24, 2.45) is 0 Å². The first-order valence-corrected chi connectivity index (χ1v) is 5.58. The average Bonchev–Trinajstić information content (AvgIpc) is 2.45. The maximum atomic E-state index is 11.5. The number of carbonyl (C=O) groups is 2. The van der Waals surface area contributed by atoms with Gasteiger partial charge in [-0.1, -0.05) is 15.9 Å². The lowest BCUT2D eigenvalue weighted by atomic mass is 10.1. The molecule has 1 heterocycles. The molecule has 1 saturated heterocycles. The molecule has 6 heteroatoms. The second-order valence-corrected chi connectivity index (χ2v) is 4.87. The highest BCUT2D eigenvalue weighted by atomic mass is 79.9. The largest absolute Gasteiger partial charge is 0.480 e. The van der Waals surface area contributed by atoms with E-state index in [1.807, 2.05) is 0 Å². The number of hydrogen-bond donors (Lipinski definition) is 1. The van der Waals surface area contributed by atoms with Crippen molar-refractivity contribution in [2.45, 2.75) is 30.3 Å². The molecule has 0 aromatic carbocycles. The predicted molar refractivity (Wildman–Crippen MR) is 56.9 cm³/mol. The molecular weight excluding hydrogens is 266 g/mol. The molecule has 1 aliphatic heterocycles. The zero-order valence-electron chi connectivity index (χ0n) is 8.64. The number of carbonyl (C=O) groups excluding carboxylic acids is 1. The van der Waals surface area contributed by atoms with E-state index >= 15 is 0 Å². The lowest BCUT2D eigenvalue weighted by Gasteiger charge is -2.28. The molecule has 0 bridgehead atoms. The van der Waals surface area contributed by atoms with Crippen molar-refractivity contribution in [3.8, 4) is 0 Å².